The second-order valence-corrected chi connectivity index (χ2v) is 4.11. The molecule has 1 atom stereocenters. The molecule has 0 unspecified atom stereocenters. The molecule has 0 fully saturated rings. The first kappa shape index (κ1) is 16.2. The summed E-state index contributed by atoms with van der Waals surface area (Å²) in [5.74, 6) is 0.885. The number of nitrogens with two attached hydrogens (primary N) is 2. The van der Waals surface area contributed by atoms with Crippen molar-refractivity contribution in [2.45, 2.75) is 32.2 Å². The van der Waals surface area contributed by atoms with Gasteiger partial charge in [-0.1, -0.05) is 12.5 Å². The van der Waals surface area contributed by atoms with Crippen molar-refractivity contribution in [3.63, 3.8) is 0 Å². The maximum absolute atomic E-state index is 6.15. The van der Waals surface area contributed by atoms with Crippen molar-refractivity contribution in [2.75, 3.05) is 13.7 Å². The van der Waals surface area contributed by atoms with Crippen molar-refractivity contribution in [3.8, 4) is 5.75 Å². The molecule has 0 bridgehead atoms. The van der Waals surface area contributed by atoms with Crippen LogP contribution < -0.4 is 16.2 Å². The maximum Gasteiger partial charge on any atom is 0.119 e. The van der Waals surface area contributed by atoms with Gasteiger partial charge in [0.1, 0.15) is 5.75 Å². The van der Waals surface area contributed by atoms with Crippen molar-refractivity contribution >= 4 is 12.4 Å². The molecule has 0 spiro atoms. The minimum atomic E-state index is 0. The van der Waals surface area contributed by atoms with Crippen LogP contribution in [0.15, 0.2) is 18.2 Å². The number of aryl methyl sites for hydroxylation is 1. The van der Waals surface area contributed by atoms with Gasteiger partial charge in [0.05, 0.1) is 7.11 Å². The van der Waals surface area contributed by atoms with Crippen LogP contribution in [0, 0.1) is 6.92 Å². The van der Waals surface area contributed by atoms with Gasteiger partial charge in [0.15, 0.2) is 0 Å². The van der Waals surface area contributed by atoms with Crippen LogP contribution in [0.5, 0.6) is 5.75 Å². The number of benzene rings is 1. The van der Waals surface area contributed by atoms with E-state index in [4.69, 9.17) is 16.2 Å². The molecule has 0 aromatic heterocycles. The third-order valence-electron chi connectivity index (χ3n) is 2.85. The standard InChI is InChI=1S/C13H22N2O.ClH/c1-10-9-11(16-2)6-7-12(10)13(15)5-3-4-8-14;/h6-7,9,13H,3-5,8,14-15H2,1-2H3;1H/t13-;/m1./s1. The lowest BCUT2D eigenvalue weighted by atomic mass is 9.97. The molecule has 4 heteroatoms. The van der Waals surface area contributed by atoms with Crippen LogP contribution in [0.4, 0.5) is 0 Å². The first-order valence-corrected chi connectivity index (χ1v) is 5.79. The van der Waals surface area contributed by atoms with Crippen LogP contribution in [0.25, 0.3) is 0 Å². The lowest BCUT2D eigenvalue weighted by Gasteiger charge is -2.15. The van der Waals surface area contributed by atoms with Gasteiger partial charge in [-0.25, -0.2) is 0 Å². The molecule has 0 aliphatic carbocycles. The van der Waals surface area contributed by atoms with Crippen LogP contribution in [0.1, 0.15) is 36.4 Å². The number of halogens is 1. The van der Waals surface area contributed by atoms with E-state index in [1.165, 1.54) is 11.1 Å². The van der Waals surface area contributed by atoms with E-state index in [2.05, 4.69) is 13.0 Å². The van der Waals surface area contributed by atoms with Gasteiger partial charge in [-0.3, -0.25) is 0 Å². The van der Waals surface area contributed by atoms with Crippen molar-refractivity contribution in [1.29, 1.82) is 0 Å². The highest BCUT2D eigenvalue weighted by Crippen LogP contribution is 2.24. The summed E-state index contributed by atoms with van der Waals surface area (Å²) in [6.45, 7) is 2.81. The van der Waals surface area contributed by atoms with Gasteiger partial charge < -0.3 is 16.2 Å². The largest absolute Gasteiger partial charge is 0.497 e. The van der Waals surface area contributed by atoms with E-state index in [-0.39, 0.29) is 18.4 Å². The quantitative estimate of drug-likeness (QED) is 0.771. The van der Waals surface area contributed by atoms with E-state index < -0.39 is 0 Å². The van der Waals surface area contributed by atoms with Crippen LogP contribution in [-0.4, -0.2) is 13.7 Å². The highest BCUT2D eigenvalue weighted by atomic mass is 35.5. The molecule has 0 aliphatic heterocycles. The molecule has 1 rings (SSSR count). The monoisotopic (exact) mass is 258 g/mol. The Morgan fingerprint density at radius 3 is 2.53 bits per heavy atom. The van der Waals surface area contributed by atoms with Gasteiger partial charge in [-0.05, 0) is 49.6 Å². The summed E-state index contributed by atoms with van der Waals surface area (Å²) in [6, 6.07) is 6.15. The summed E-state index contributed by atoms with van der Waals surface area (Å²) in [5.41, 5.74) is 14.0. The fourth-order valence-corrected chi connectivity index (χ4v) is 1.86. The van der Waals surface area contributed by atoms with Gasteiger partial charge >= 0.3 is 0 Å². The molecule has 3 nitrogen and oxygen atoms in total. The molecule has 0 saturated heterocycles. The van der Waals surface area contributed by atoms with E-state index in [0.29, 0.717) is 0 Å². The SMILES string of the molecule is COc1ccc([C@H](N)CCCCN)c(C)c1.Cl. The van der Waals surface area contributed by atoms with E-state index in [1.54, 1.807) is 7.11 Å². The molecule has 4 N–H and O–H groups in total. The Balaban J connectivity index is 0.00000256. The highest BCUT2D eigenvalue weighted by molar-refractivity contribution is 5.85. The summed E-state index contributed by atoms with van der Waals surface area (Å²) >= 11 is 0. The second kappa shape index (κ2) is 8.34. The molecule has 0 radical (unpaired) electrons. The zero-order valence-corrected chi connectivity index (χ0v) is 11.4. The molecule has 0 saturated carbocycles. The number of hydrogen-bond acceptors (Lipinski definition) is 3. The van der Waals surface area contributed by atoms with Gasteiger partial charge in [-0.2, -0.15) is 0 Å². The summed E-state index contributed by atoms with van der Waals surface area (Å²) in [7, 11) is 1.68. The highest BCUT2D eigenvalue weighted by Gasteiger charge is 2.09. The molecule has 1 aromatic carbocycles. The number of methoxy groups -OCH3 is 1. The Bertz CT molecular complexity index is 331. The van der Waals surface area contributed by atoms with E-state index >= 15 is 0 Å². The van der Waals surface area contributed by atoms with E-state index in [0.717, 1.165) is 31.6 Å². The van der Waals surface area contributed by atoms with Crippen LogP contribution in [-0.2, 0) is 0 Å². The normalized spacial score (nSPS) is 11.8. The molecular weight excluding hydrogens is 236 g/mol. The van der Waals surface area contributed by atoms with Crippen LogP contribution in [0.2, 0.25) is 0 Å². The molecule has 0 heterocycles. The fraction of sp³-hybridized carbons (Fsp3) is 0.538. The second-order valence-electron chi connectivity index (χ2n) is 4.11. The third kappa shape index (κ3) is 4.94. The van der Waals surface area contributed by atoms with Crippen molar-refractivity contribution in [1.82, 2.24) is 0 Å². The predicted octanol–water partition coefficient (Wildman–Crippen LogP) is 2.55. The van der Waals surface area contributed by atoms with Crippen molar-refractivity contribution < 1.29 is 4.74 Å². The average Bonchev–Trinajstić information content (AvgIpc) is 2.29. The molecular formula is C13H23ClN2O. The molecule has 0 aliphatic rings. The summed E-state index contributed by atoms with van der Waals surface area (Å²) < 4.78 is 5.17. The number of rotatable bonds is 6. The molecule has 17 heavy (non-hydrogen) atoms. The van der Waals surface area contributed by atoms with Crippen molar-refractivity contribution in [3.05, 3.63) is 29.3 Å². The smallest absolute Gasteiger partial charge is 0.119 e. The molecule has 0 amide bonds. The first-order chi connectivity index (χ1) is 7.69. The predicted molar refractivity (Wildman–Crippen MR) is 74.8 cm³/mol. The Labute approximate surface area is 110 Å². The van der Waals surface area contributed by atoms with Gasteiger partial charge in [0.2, 0.25) is 0 Å². The zero-order chi connectivity index (χ0) is 12.0. The van der Waals surface area contributed by atoms with E-state index in [1.807, 2.05) is 12.1 Å². The summed E-state index contributed by atoms with van der Waals surface area (Å²) in [5, 5.41) is 0. The Morgan fingerprint density at radius 1 is 1.29 bits per heavy atom. The average molecular weight is 259 g/mol. The lowest BCUT2D eigenvalue weighted by molar-refractivity contribution is 0.414. The zero-order valence-electron chi connectivity index (χ0n) is 10.6. The van der Waals surface area contributed by atoms with Crippen LogP contribution in [0.3, 0.4) is 0 Å². The van der Waals surface area contributed by atoms with Gasteiger partial charge in [0, 0.05) is 6.04 Å². The van der Waals surface area contributed by atoms with Crippen molar-refractivity contribution in [2.24, 2.45) is 11.5 Å². The Hall–Kier alpha value is -0.770. The van der Waals surface area contributed by atoms with Gasteiger partial charge in [-0.15, -0.1) is 12.4 Å². The van der Waals surface area contributed by atoms with Gasteiger partial charge in [0.25, 0.3) is 0 Å². The fourth-order valence-electron chi connectivity index (χ4n) is 1.86. The Kier molecular flexibility index (Phi) is 7.96. The van der Waals surface area contributed by atoms with E-state index in [9.17, 15) is 0 Å². The third-order valence-corrected chi connectivity index (χ3v) is 2.85. The molecule has 98 valence electrons. The minimum Gasteiger partial charge on any atom is -0.497 e. The summed E-state index contributed by atoms with van der Waals surface area (Å²) in [4.78, 5) is 0. The number of unbranched alkanes of at least 4 members (excludes halogenated alkanes) is 1. The topological polar surface area (TPSA) is 61.3 Å². The minimum absolute atomic E-state index is 0. The first-order valence-electron chi connectivity index (χ1n) is 5.79. The van der Waals surface area contributed by atoms with Crippen LogP contribution >= 0.6 is 12.4 Å². The lowest BCUT2D eigenvalue weighted by Crippen LogP contribution is -2.12. The maximum atomic E-state index is 6.15. The molecule has 1 aromatic rings. The number of hydrogen-bond donors (Lipinski definition) is 2. The Morgan fingerprint density at radius 2 is 2.00 bits per heavy atom. The summed E-state index contributed by atoms with van der Waals surface area (Å²) in [6.07, 6.45) is 3.12. The number of ether oxygens (including phenoxy) is 1.